The Kier molecular flexibility index (Phi) is 5.82. The van der Waals surface area contributed by atoms with E-state index in [1.807, 2.05) is 18.0 Å². The number of hydrogen-bond acceptors (Lipinski definition) is 4. The van der Waals surface area contributed by atoms with Crippen LogP contribution in [0.1, 0.15) is 23.2 Å². The molecule has 0 spiro atoms. The van der Waals surface area contributed by atoms with Gasteiger partial charge in [-0.05, 0) is 56.3 Å². The van der Waals surface area contributed by atoms with Gasteiger partial charge in [-0.15, -0.1) is 0 Å². The highest BCUT2D eigenvalue weighted by Gasteiger charge is 2.25. The third-order valence-electron chi connectivity index (χ3n) is 5.00. The minimum absolute atomic E-state index is 0.0599. The average molecular weight is 388 g/mol. The lowest BCUT2D eigenvalue weighted by Gasteiger charge is -2.32. The lowest BCUT2D eigenvalue weighted by molar-refractivity contribution is 0.0698. The maximum absolute atomic E-state index is 12.8. The number of carbonyl (C=O) groups is 1. The van der Waals surface area contributed by atoms with Gasteiger partial charge in [-0.1, -0.05) is 18.2 Å². The van der Waals surface area contributed by atoms with Crippen LogP contribution < -0.4 is 9.62 Å². The second kappa shape index (κ2) is 8.10. The zero-order valence-corrected chi connectivity index (χ0v) is 16.4. The molecule has 1 aliphatic heterocycles. The molecule has 1 unspecified atom stereocenters. The molecule has 2 aromatic carbocycles. The van der Waals surface area contributed by atoms with E-state index in [4.69, 9.17) is 0 Å². The first-order chi connectivity index (χ1) is 12.9. The summed E-state index contributed by atoms with van der Waals surface area (Å²) in [5, 5.41) is 3.22. The molecule has 27 heavy (non-hydrogen) atoms. The van der Waals surface area contributed by atoms with E-state index in [1.165, 1.54) is 23.5 Å². The van der Waals surface area contributed by atoms with E-state index >= 15 is 0 Å². The highest BCUT2D eigenvalue weighted by atomic mass is 32.2. The molecule has 2 aromatic rings. The van der Waals surface area contributed by atoms with Crippen LogP contribution in [0.4, 0.5) is 5.69 Å². The fourth-order valence-electron chi connectivity index (χ4n) is 3.28. The quantitative estimate of drug-likeness (QED) is 0.855. The van der Waals surface area contributed by atoms with E-state index in [0.29, 0.717) is 23.8 Å². The van der Waals surface area contributed by atoms with Crippen molar-refractivity contribution < 1.29 is 13.2 Å². The smallest absolute Gasteiger partial charge is 0.264 e. The number of likely N-dealkylation sites (tertiary alicyclic amines) is 1. The molecule has 1 aliphatic rings. The van der Waals surface area contributed by atoms with E-state index in [0.717, 1.165) is 19.4 Å². The summed E-state index contributed by atoms with van der Waals surface area (Å²) in [4.78, 5) is 14.7. The van der Waals surface area contributed by atoms with Gasteiger partial charge in [0.15, 0.2) is 0 Å². The van der Waals surface area contributed by atoms with Crippen molar-refractivity contribution >= 4 is 21.6 Å². The Labute approximate surface area is 160 Å². The van der Waals surface area contributed by atoms with Gasteiger partial charge >= 0.3 is 0 Å². The number of amides is 1. The molecule has 1 saturated heterocycles. The molecule has 1 amide bonds. The van der Waals surface area contributed by atoms with Gasteiger partial charge in [-0.2, -0.15) is 0 Å². The molecule has 0 saturated carbocycles. The van der Waals surface area contributed by atoms with Gasteiger partial charge in [0.2, 0.25) is 0 Å². The molecule has 0 bridgehead atoms. The molecule has 1 fully saturated rings. The van der Waals surface area contributed by atoms with Gasteiger partial charge in [0, 0.05) is 31.7 Å². The van der Waals surface area contributed by atoms with Crippen molar-refractivity contribution in [3.8, 4) is 0 Å². The monoisotopic (exact) mass is 387 g/mol. The normalized spacial score (nSPS) is 17.6. The Morgan fingerprint density at radius 1 is 1.11 bits per heavy atom. The van der Waals surface area contributed by atoms with E-state index in [9.17, 15) is 13.2 Å². The van der Waals surface area contributed by atoms with Gasteiger partial charge in [-0.3, -0.25) is 9.10 Å². The largest absolute Gasteiger partial charge is 0.337 e. The maximum atomic E-state index is 12.8. The molecule has 1 atom stereocenters. The summed E-state index contributed by atoms with van der Waals surface area (Å²) in [6.45, 7) is 1.40. The summed E-state index contributed by atoms with van der Waals surface area (Å²) < 4.78 is 26.9. The number of sulfonamides is 1. The van der Waals surface area contributed by atoms with Crippen molar-refractivity contribution in [1.29, 1.82) is 0 Å². The van der Waals surface area contributed by atoms with Crippen LogP contribution >= 0.6 is 0 Å². The van der Waals surface area contributed by atoms with E-state index in [2.05, 4.69) is 5.32 Å². The number of rotatable bonds is 5. The lowest BCUT2D eigenvalue weighted by atomic mass is 10.0. The fourth-order valence-corrected chi connectivity index (χ4v) is 4.48. The van der Waals surface area contributed by atoms with Gasteiger partial charge in [-0.25, -0.2) is 8.42 Å². The van der Waals surface area contributed by atoms with Crippen molar-refractivity contribution in [3.63, 3.8) is 0 Å². The molecule has 6 nitrogen and oxygen atoms in total. The first-order valence-electron chi connectivity index (χ1n) is 9.04. The maximum Gasteiger partial charge on any atom is 0.264 e. The molecule has 0 radical (unpaired) electrons. The molecule has 3 rings (SSSR count). The zero-order valence-electron chi connectivity index (χ0n) is 15.6. The van der Waals surface area contributed by atoms with Crippen molar-refractivity contribution in [1.82, 2.24) is 10.2 Å². The summed E-state index contributed by atoms with van der Waals surface area (Å²) >= 11 is 0. The molecular formula is C20H25N3O3S. The topological polar surface area (TPSA) is 69.7 Å². The first kappa shape index (κ1) is 19.4. The SMILES string of the molecule is CNC1CCCN(C(=O)c2ccc(S(=O)(=O)N(C)c3ccccc3)cc2)C1. The lowest BCUT2D eigenvalue weighted by Crippen LogP contribution is -2.46. The number of likely N-dealkylation sites (N-methyl/N-ethyl adjacent to an activating group) is 1. The molecule has 1 heterocycles. The van der Waals surface area contributed by atoms with E-state index in [1.54, 1.807) is 36.4 Å². The summed E-state index contributed by atoms with van der Waals surface area (Å²) in [5.41, 5.74) is 1.09. The fraction of sp³-hybridized carbons (Fsp3) is 0.350. The van der Waals surface area contributed by atoms with Gasteiger partial charge in [0.25, 0.3) is 15.9 Å². The Bertz CT molecular complexity index is 882. The summed E-state index contributed by atoms with van der Waals surface area (Å²) in [5.74, 6) is -0.0599. The minimum Gasteiger partial charge on any atom is -0.337 e. The van der Waals surface area contributed by atoms with Crippen molar-refractivity contribution in [2.75, 3.05) is 31.5 Å². The molecular weight excluding hydrogens is 362 g/mol. The van der Waals surface area contributed by atoms with Crippen LogP contribution in [-0.2, 0) is 10.0 Å². The highest BCUT2D eigenvalue weighted by molar-refractivity contribution is 7.92. The van der Waals surface area contributed by atoms with Crippen LogP contribution in [0.5, 0.6) is 0 Å². The third kappa shape index (κ3) is 4.14. The number of para-hydroxylation sites is 1. The first-order valence-corrected chi connectivity index (χ1v) is 10.5. The Balaban J connectivity index is 1.77. The predicted octanol–water partition coefficient (Wildman–Crippen LogP) is 2.34. The predicted molar refractivity (Wildman–Crippen MR) is 106 cm³/mol. The Morgan fingerprint density at radius 2 is 1.78 bits per heavy atom. The molecule has 7 heteroatoms. The molecule has 0 aliphatic carbocycles. The number of nitrogens with zero attached hydrogens (tertiary/aromatic N) is 2. The summed E-state index contributed by atoms with van der Waals surface area (Å²) in [7, 11) is -0.246. The zero-order chi connectivity index (χ0) is 19.4. The standard InChI is InChI=1S/C20H25N3O3S/c1-21-17-7-6-14-23(15-17)20(24)16-10-12-19(13-11-16)27(25,26)22(2)18-8-4-3-5-9-18/h3-5,8-13,17,21H,6-7,14-15H2,1-2H3. The molecule has 1 N–H and O–H groups in total. The molecule has 144 valence electrons. The summed E-state index contributed by atoms with van der Waals surface area (Å²) in [6, 6.07) is 15.4. The number of nitrogens with one attached hydrogen (secondary N) is 1. The van der Waals surface area contributed by atoms with E-state index in [-0.39, 0.29) is 10.8 Å². The van der Waals surface area contributed by atoms with Crippen molar-refractivity contribution in [3.05, 3.63) is 60.2 Å². The molecule has 0 aromatic heterocycles. The number of hydrogen-bond donors (Lipinski definition) is 1. The van der Waals surface area contributed by atoms with Gasteiger partial charge in [0.05, 0.1) is 10.6 Å². The second-order valence-electron chi connectivity index (χ2n) is 6.71. The van der Waals surface area contributed by atoms with Crippen LogP contribution in [0.15, 0.2) is 59.5 Å². The Morgan fingerprint density at radius 3 is 2.41 bits per heavy atom. The van der Waals surface area contributed by atoms with E-state index < -0.39 is 10.0 Å². The van der Waals surface area contributed by atoms with Crippen LogP contribution in [-0.4, -0.2) is 52.5 Å². The number of piperidine rings is 1. The highest BCUT2D eigenvalue weighted by Crippen LogP contribution is 2.22. The number of benzene rings is 2. The van der Waals surface area contributed by atoms with Gasteiger partial charge < -0.3 is 10.2 Å². The van der Waals surface area contributed by atoms with Crippen LogP contribution in [0.2, 0.25) is 0 Å². The van der Waals surface area contributed by atoms with Crippen LogP contribution in [0.25, 0.3) is 0 Å². The Hall–Kier alpha value is -2.38. The average Bonchev–Trinajstić information content (AvgIpc) is 2.73. The summed E-state index contributed by atoms with van der Waals surface area (Å²) in [6.07, 6.45) is 2.02. The van der Waals surface area contributed by atoms with Gasteiger partial charge in [0.1, 0.15) is 0 Å². The minimum atomic E-state index is -3.67. The third-order valence-corrected chi connectivity index (χ3v) is 6.80. The second-order valence-corrected chi connectivity index (χ2v) is 8.68. The van der Waals surface area contributed by atoms with Crippen molar-refractivity contribution in [2.24, 2.45) is 0 Å². The van der Waals surface area contributed by atoms with Crippen LogP contribution in [0.3, 0.4) is 0 Å². The number of carbonyl (C=O) groups excluding carboxylic acids is 1. The van der Waals surface area contributed by atoms with Crippen molar-refractivity contribution in [2.45, 2.75) is 23.8 Å². The number of anilines is 1. The van der Waals surface area contributed by atoms with Crippen LogP contribution in [0, 0.1) is 0 Å².